The number of nitrogens with zero attached hydrogens (tertiary/aromatic N) is 4. The number of benzene rings is 1. The Hall–Kier alpha value is -3.55. The third-order valence-electron chi connectivity index (χ3n) is 5.33. The number of aromatic hydroxyl groups is 1. The molecule has 0 spiro atoms. The average Bonchev–Trinajstić information content (AvgIpc) is 3.28. The summed E-state index contributed by atoms with van der Waals surface area (Å²) in [6, 6.07) is 7.70. The van der Waals surface area contributed by atoms with Crippen molar-refractivity contribution in [1.29, 1.82) is 0 Å². The molecule has 0 amide bonds. The van der Waals surface area contributed by atoms with Crippen molar-refractivity contribution >= 4 is 22.5 Å². The molecule has 0 fully saturated rings. The van der Waals surface area contributed by atoms with Crippen LogP contribution in [0.1, 0.15) is 51.0 Å². The first-order valence-electron chi connectivity index (χ1n) is 10.6. The number of aromatic nitrogens is 4. The minimum atomic E-state index is -0.351. The lowest BCUT2D eigenvalue weighted by Gasteiger charge is -2.14. The number of aromatic amines is 1. The first kappa shape index (κ1) is 20.7. The Bertz CT molecular complexity index is 1250. The van der Waals surface area contributed by atoms with Crippen LogP contribution in [0, 0.1) is 5.92 Å². The molecule has 0 aliphatic carbocycles. The Morgan fingerprint density at radius 1 is 1.23 bits per heavy atom. The van der Waals surface area contributed by atoms with Crippen LogP contribution in [0.25, 0.3) is 27.8 Å². The number of para-hydroxylation sites is 1. The number of fused-ring (bicyclic) bond motifs is 2. The largest absolute Gasteiger partial charge is 0.493 e. The third-order valence-corrected chi connectivity index (χ3v) is 5.33. The predicted molar refractivity (Wildman–Crippen MR) is 124 cm³/mol. The van der Waals surface area contributed by atoms with E-state index in [2.05, 4.69) is 30.7 Å². The molecule has 31 heavy (non-hydrogen) atoms. The summed E-state index contributed by atoms with van der Waals surface area (Å²) in [7, 11) is 0. The minimum absolute atomic E-state index is 0.00841. The van der Waals surface area contributed by atoms with Crippen LogP contribution < -0.4 is 11.5 Å². The van der Waals surface area contributed by atoms with Crippen molar-refractivity contribution in [3.05, 3.63) is 48.0 Å². The lowest BCUT2D eigenvalue weighted by molar-refractivity contribution is 0.435. The zero-order valence-electron chi connectivity index (χ0n) is 18.1. The van der Waals surface area contributed by atoms with E-state index in [-0.39, 0.29) is 17.9 Å². The summed E-state index contributed by atoms with van der Waals surface area (Å²) in [6.45, 7) is 6.27. The molecule has 1 atom stereocenters. The molecule has 0 aliphatic rings. The Balaban J connectivity index is 2.00. The first-order chi connectivity index (χ1) is 14.9. The highest BCUT2D eigenvalue weighted by Crippen LogP contribution is 2.34. The monoisotopic (exact) mass is 419 g/mol. The van der Waals surface area contributed by atoms with Gasteiger partial charge in [-0.3, -0.25) is 4.40 Å². The molecule has 0 saturated heterocycles. The molecule has 0 radical (unpaired) electrons. The molecule has 4 aromatic rings. The predicted octanol–water partition coefficient (Wildman–Crippen LogP) is 3.90. The Morgan fingerprint density at radius 3 is 2.71 bits per heavy atom. The van der Waals surface area contributed by atoms with Crippen molar-refractivity contribution in [2.45, 2.75) is 46.1 Å². The van der Waals surface area contributed by atoms with Crippen molar-refractivity contribution in [3.63, 3.8) is 0 Å². The van der Waals surface area contributed by atoms with Crippen LogP contribution in [0.2, 0.25) is 0 Å². The number of rotatable bonds is 7. The van der Waals surface area contributed by atoms with E-state index in [4.69, 9.17) is 21.4 Å². The molecule has 0 bridgehead atoms. The second-order valence-corrected chi connectivity index (χ2v) is 8.29. The lowest BCUT2D eigenvalue weighted by Crippen LogP contribution is -2.24. The van der Waals surface area contributed by atoms with E-state index in [1.807, 2.05) is 36.7 Å². The zero-order valence-corrected chi connectivity index (χ0v) is 18.1. The molecule has 1 aromatic carbocycles. The third kappa shape index (κ3) is 3.93. The van der Waals surface area contributed by atoms with E-state index in [1.54, 1.807) is 4.40 Å². The molecule has 1 unspecified atom stereocenters. The summed E-state index contributed by atoms with van der Waals surface area (Å²) in [5.74, 6) is 0.493. The molecule has 6 N–H and O–H groups in total. The summed E-state index contributed by atoms with van der Waals surface area (Å²) >= 11 is 0. The molecule has 0 aliphatic heterocycles. The van der Waals surface area contributed by atoms with Crippen molar-refractivity contribution in [2.24, 2.45) is 22.4 Å². The van der Waals surface area contributed by atoms with Crippen molar-refractivity contribution in [2.75, 3.05) is 0 Å². The van der Waals surface area contributed by atoms with Gasteiger partial charge in [0.25, 0.3) is 0 Å². The molecule has 0 saturated carbocycles. The van der Waals surface area contributed by atoms with E-state index in [1.165, 1.54) is 0 Å². The van der Waals surface area contributed by atoms with Gasteiger partial charge in [0.1, 0.15) is 11.4 Å². The summed E-state index contributed by atoms with van der Waals surface area (Å²) < 4.78 is 1.71. The number of hydrogen-bond acceptors (Lipinski definition) is 4. The van der Waals surface area contributed by atoms with Gasteiger partial charge in [0.05, 0.1) is 11.7 Å². The number of hydrogen-bond donors (Lipinski definition) is 4. The van der Waals surface area contributed by atoms with Crippen molar-refractivity contribution in [3.8, 4) is 17.1 Å². The van der Waals surface area contributed by atoms with Gasteiger partial charge in [0.15, 0.2) is 11.6 Å². The number of nitrogens with one attached hydrogen (secondary N) is 1. The van der Waals surface area contributed by atoms with Crippen LogP contribution in [-0.2, 0) is 6.42 Å². The molecule has 3 heterocycles. The molecular weight excluding hydrogens is 390 g/mol. The van der Waals surface area contributed by atoms with Crippen LogP contribution in [0.3, 0.4) is 0 Å². The summed E-state index contributed by atoms with van der Waals surface area (Å²) in [5.41, 5.74) is 16.0. The highest BCUT2D eigenvalue weighted by Gasteiger charge is 2.23. The van der Waals surface area contributed by atoms with E-state index in [0.717, 1.165) is 28.6 Å². The van der Waals surface area contributed by atoms with Crippen molar-refractivity contribution in [1.82, 2.24) is 19.4 Å². The van der Waals surface area contributed by atoms with Gasteiger partial charge in [-0.2, -0.15) is 0 Å². The quantitative estimate of drug-likeness (QED) is 0.267. The van der Waals surface area contributed by atoms with Gasteiger partial charge in [0, 0.05) is 28.9 Å². The zero-order chi connectivity index (χ0) is 22.1. The number of H-pyrrole nitrogens is 1. The van der Waals surface area contributed by atoms with Crippen LogP contribution in [0.4, 0.5) is 0 Å². The van der Waals surface area contributed by atoms with Gasteiger partial charge in [0.2, 0.25) is 5.88 Å². The van der Waals surface area contributed by atoms with Crippen LogP contribution in [0.5, 0.6) is 5.88 Å². The van der Waals surface area contributed by atoms with E-state index in [0.29, 0.717) is 35.8 Å². The summed E-state index contributed by atoms with van der Waals surface area (Å²) in [6.07, 6.45) is 6.01. The highest BCUT2D eigenvalue weighted by atomic mass is 16.3. The van der Waals surface area contributed by atoms with Crippen LogP contribution >= 0.6 is 0 Å². The summed E-state index contributed by atoms with van der Waals surface area (Å²) in [5, 5.41) is 12.0. The first-order valence-corrected chi connectivity index (χ1v) is 10.6. The second kappa shape index (κ2) is 8.29. The van der Waals surface area contributed by atoms with Gasteiger partial charge in [-0.25, -0.2) is 15.0 Å². The second-order valence-electron chi connectivity index (χ2n) is 8.29. The van der Waals surface area contributed by atoms with Gasteiger partial charge < -0.3 is 21.6 Å². The fourth-order valence-corrected chi connectivity index (χ4v) is 3.98. The standard InChI is InChI=1S/C23H29N7O/c1-4-7-17(29-23(24)25)20-21-28-18(10-13(2)3)22(31)30(21)12-19(27-20)15-11-26-16-9-6-5-8-14(15)16/h5-6,8-9,11-13,17,26,31H,4,7,10H2,1-3H3,(H4,24,25,29). The maximum Gasteiger partial charge on any atom is 0.219 e. The van der Waals surface area contributed by atoms with E-state index < -0.39 is 0 Å². The van der Waals surface area contributed by atoms with Gasteiger partial charge >= 0.3 is 0 Å². The summed E-state index contributed by atoms with van der Waals surface area (Å²) in [4.78, 5) is 17.4. The Morgan fingerprint density at radius 2 is 2.00 bits per heavy atom. The number of aliphatic imine (C=N–C) groups is 1. The normalized spacial score (nSPS) is 12.6. The molecule has 8 heteroatoms. The van der Waals surface area contributed by atoms with Gasteiger partial charge in [-0.1, -0.05) is 45.4 Å². The average molecular weight is 420 g/mol. The molecule has 4 rings (SSSR count). The maximum atomic E-state index is 11.0. The SMILES string of the molecule is CCCC(N=C(N)N)c1nc(-c2c[nH]c3ccccc23)cn2c(O)c(CC(C)C)nc12. The van der Waals surface area contributed by atoms with Gasteiger partial charge in [-0.15, -0.1) is 0 Å². The van der Waals surface area contributed by atoms with E-state index >= 15 is 0 Å². The minimum Gasteiger partial charge on any atom is -0.493 e. The smallest absolute Gasteiger partial charge is 0.219 e. The van der Waals surface area contributed by atoms with Crippen LogP contribution in [0.15, 0.2) is 41.7 Å². The number of guanidine groups is 1. The fraction of sp³-hybridized carbons (Fsp3) is 0.348. The topological polar surface area (TPSA) is 131 Å². The molecular formula is C23H29N7O. The highest BCUT2D eigenvalue weighted by molar-refractivity contribution is 5.94. The Kier molecular flexibility index (Phi) is 5.54. The fourth-order valence-electron chi connectivity index (χ4n) is 3.98. The molecule has 3 aromatic heterocycles. The molecule has 8 nitrogen and oxygen atoms in total. The van der Waals surface area contributed by atoms with E-state index in [9.17, 15) is 5.11 Å². The Labute approximate surface area is 181 Å². The van der Waals surface area contributed by atoms with Crippen molar-refractivity contribution < 1.29 is 5.11 Å². The molecule has 162 valence electrons. The maximum absolute atomic E-state index is 11.0. The number of imidazole rings is 1. The number of nitrogens with two attached hydrogens (primary N) is 2. The van der Waals surface area contributed by atoms with Gasteiger partial charge in [-0.05, 0) is 24.8 Å². The lowest BCUT2D eigenvalue weighted by atomic mass is 10.1. The van der Waals surface area contributed by atoms with Crippen LogP contribution in [-0.4, -0.2) is 30.4 Å².